The minimum Gasteiger partial charge on any atom is -0.459 e. The van der Waals surface area contributed by atoms with Crippen LogP contribution >= 0.6 is 0 Å². The third kappa shape index (κ3) is 19.3. The van der Waals surface area contributed by atoms with Gasteiger partial charge in [0.1, 0.15) is 18.3 Å². The standard InChI is InChI=1S/C71H89F9N2O11/c1-6-7-8-9-10-11-12-16-19-34-45-58(92-64(85)67(88-4,70(75,76)77)54-38-27-22-28-39-54)60-47-48-61(91-60)59(93-65(86)68(89-5,71(78,79)80)55-40-29-23-30-41-55)46-35-20-17-14-13-15-18-33-44-57(50-52-49-51(2)81-82(62(52)83)56-42-31-24-32-43-56)90-63(84)66(87-3,69(72,73)74)53-36-25-21-26-37-53/h21-32,36-43,49,57-61H,6-20,33-35,44-48,50H2,1-5H3/t57-,58-,59-,60-,61-,66+,67+,68+/m1/s1. The zero-order chi connectivity index (χ0) is 67.7. The van der Waals surface area contributed by atoms with E-state index in [1.165, 1.54) is 71.8 Å². The molecule has 0 unspecified atom stereocenters. The monoisotopic (exact) mass is 1320 g/mol. The second-order valence-electron chi connectivity index (χ2n) is 23.9. The fourth-order valence-electron chi connectivity index (χ4n) is 12.3. The number of esters is 3. The average Bonchev–Trinajstić information content (AvgIpc) is 0.953. The first-order valence-electron chi connectivity index (χ1n) is 32.4. The highest BCUT2D eigenvalue weighted by Crippen LogP contribution is 2.47. The minimum absolute atomic E-state index is 0.00380. The molecule has 1 aromatic heterocycles. The summed E-state index contributed by atoms with van der Waals surface area (Å²) in [6, 6.07) is 29.1. The quantitative estimate of drug-likeness (QED) is 0.0159. The van der Waals surface area contributed by atoms with Gasteiger partial charge in [0.15, 0.2) is 0 Å². The number of ether oxygens (including phenoxy) is 7. The summed E-state index contributed by atoms with van der Waals surface area (Å²) >= 11 is 0. The van der Waals surface area contributed by atoms with Crippen LogP contribution in [-0.4, -0.2) is 98.1 Å². The largest absolute Gasteiger partial charge is 0.459 e. The average molecular weight is 1320 g/mol. The number of para-hydroxylation sites is 1. The van der Waals surface area contributed by atoms with Gasteiger partial charge in [-0.2, -0.15) is 49.3 Å². The zero-order valence-corrected chi connectivity index (χ0v) is 53.8. The predicted octanol–water partition coefficient (Wildman–Crippen LogP) is 16.9. The highest BCUT2D eigenvalue weighted by atomic mass is 19.4. The van der Waals surface area contributed by atoms with Gasteiger partial charge in [-0.05, 0) is 76.5 Å². The molecular weight excluding hydrogens is 1230 g/mol. The molecule has 1 fully saturated rings. The van der Waals surface area contributed by atoms with E-state index in [0.717, 1.165) is 103 Å². The number of aryl methyl sites for hydroxylation is 1. The molecule has 0 saturated carbocycles. The van der Waals surface area contributed by atoms with Crippen LogP contribution in [0, 0.1) is 6.92 Å². The van der Waals surface area contributed by atoms with Crippen molar-refractivity contribution in [3.63, 3.8) is 0 Å². The molecule has 0 bridgehead atoms. The van der Waals surface area contributed by atoms with Gasteiger partial charge in [0, 0.05) is 50.0 Å². The molecule has 0 amide bonds. The van der Waals surface area contributed by atoms with Crippen molar-refractivity contribution in [3.05, 3.63) is 166 Å². The third-order valence-electron chi connectivity index (χ3n) is 17.4. The summed E-state index contributed by atoms with van der Waals surface area (Å²) in [6.45, 7) is 3.80. The Labute approximate surface area is 539 Å². The maximum absolute atomic E-state index is 15.3. The predicted molar refractivity (Wildman–Crippen MR) is 332 cm³/mol. The van der Waals surface area contributed by atoms with Gasteiger partial charge in [0.25, 0.3) is 22.4 Å². The highest BCUT2D eigenvalue weighted by molar-refractivity contribution is 5.84. The van der Waals surface area contributed by atoms with Crippen LogP contribution < -0.4 is 5.56 Å². The molecule has 93 heavy (non-hydrogen) atoms. The molecular formula is C71H89F9N2O11. The molecule has 1 aliphatic heterocycles. The number of hydrogen-bond acceptors (Lipinski definition) is 12. The lowest BCUT2D eigenvalue weighted by Crippen LogP contribution is -2.53. The van der Waals surface area contributed by atoms with E-state index in [0.29, 0.717) is 75.6 Å². The Morgan fingerprint density at radius 2 is 0.806 bits per heavy atom. The first-order valence-corrected chi connectivity index (χ1v) is 32.4. The molecule has 512 valence electrons. The normalized spacial score (nSPS) is 17.5. The molecule has 8 atom stereocenters. The van der Waals surface area contributed by atoms with E-state index < -0.39 is 106 Å². The first kappa shape index (κ1) is 75.4. The van der Waals surface area contributed by atoms with E-state index in [-0.39, 0.29) is 44.1 Å². The fourth-order valence-corrected chi connectivity index (χ4v) is 12.3. The molecule has 0 spiro atoms. The van der Waals surface area contributed by atoms with Gasteiger partial charge in [-0.25, -0.2) is 14.4 Å². The lowest BCUT2D eigenvalue weighted by Gasteiger charge is -2.36. The van der Waals surface area contributed by atoms with Crippen molar-refractivity contribution in [1.82, 2.24) is 9.78 Å². The van der Waals surface area contributed by atoms with E-state index in [1.807, 2.05) is 0 Å². The lowest BCUT2D eigenvalue weighted by molar-refractivity contribution is -0.281. The zero-order valence-electron chi connectivity index (χ0n) is 53.8. The van der Waals surface area contributed by atoms with E-state index >= 15 is 39.5 Å². The molecule has 1 aliphatic rings. The van der Waals surface area contributed by atoms with Gasteiger partial charge in [-0.3, -0.25) is 4.79 Å². The van der Waals surface area contributed by atoms with Crippen LogP contribution in [0.3, 0.4) is 0 Å². The summed E-state index contributed by atoms with van der Waals surface area (Å²) in [5.74, 6) is -5.16. The van der Waals surface area contributed by atoms with Crippen LogP contribution in [0.15, 0.2) is 132 Å². The van der Waals surface area contributed by atoms with Gasteiger partial charge in [-0.1, -0.05) is 212 Å². The summed E-state index contributed by atoms with van der Waals surface area (Å²) in [5.41, 5.74) is -11.6. The van der Waals surface area contributed by atoms with Gasteiger partial charge in [-0.15, -0.1) is 0 Å². The van der Waals surface area contributed by atoms with Crippen LogP contribution in [-0.2, 0) is 70.8 Å². The molecule has 0 radical (unpaired) electrons. The molecule has 6 rings (SSSR count). The number of hydrogen-bond donors (Lipinski definition) is 0. The first-order chi connectivity index (χ1) is 44.4. The Morgan fingerprint density at radius 3 is 1.15 bits per heavy atom. The Morgan fingerprint density at radius 1 is 0.484 bits per heavy atom. The number of rotatable bonds is 39. The number of alkyl halides is 9. The molecule has 0 N–H and O–H groups in total. The van der Waals surface area contributed by atoms with Gasteiger partial charge in [0.05, 0.1) is 23.6 Å². The molecule has 22 heteroatoms. The van der Waals surface area contributed by atoms with Crippen molar-refractivity contribution in [2.45, 2.75) is 234 Å². The minimum atomic E-state index is -5.31. The number of carbonyl (C=O) groups excluding carboxylic acids is 3. The SMILES string of the molecule is CCCCCCCCCCCC[C@@H](OC(=O)[C@@](OC)(c1ccccc1)C(F)(F)F)[C@H]1CC[C@H]([C@@H](CCCCCCCCCC[C@H](Cc2cc(C)nn(-c3ccccc3)c2=O)OC(=O)[C@@](OC)(c2ccccc2)C(F)(F)F)OC(=O)[C@@](OC)(c2ccccc2)C(F)(F)F)O1. The van der Waals surface area contributed by atoms with Crippen molar-refractivity contribution < 1.29 is 87.1 Å². The maximum Gasteiger partial charge on any atom is 0.432 e. The van der Waals surface area contributed by atoms with Crippen LogP contribution in [0.2, 0.25) is 0 Å². The number of carbonyl (C=O) groups is 3. The lowest BCUT2D eigenvalue weighted by atomic mass is 9.92. The van der Waals surface area contributed by atoms with Crippen LogP contribution in [0.25, 0.3) is 5.69 Å². The van der Waals surface area contributed by atoms with Crippen molar-refractivity contribution in [2.75, 3.05) is 21.3 Å². The summed E-state index contributed by atoms with van der Waals surface area (Å²) in [7, 11) is 2.29. The topological polar surface area (TPSA) is 151 Å². The number of halogens is 9. The Balaban J connectivity index is 1.15. The van der Waals surface area contributed by atoms with Crippen molar-refractivity contribution in [2.24, 2.45) is 0 Å². The summed E-state index contributed by atoms with van der Waals surface area (Å²) < 4.78 is 177. The maximum atomic E-state index is 15.3. The van der Waals surface area contributed by atoms with E-state index in [9.17, 15) is 19.2 Å². The second-order valence-corrected chi connectivity index (χ2v) is 23.9. The van der Waals surface area contributed by atoms with Crippen LogP contribution in [0.1, 0.15) is 183 Å². The smallest absolute Gasteiger partial charge is 0.432 e. The number of methoxy groups -OCH3 is 3. The van der Waals surface area contributed by atoms with E-state index in [4.69, 9.17) is 33.2 Å². The Kier molecular flexibility index (Phi) is 29.0. The molecule has 4 aromatic carbocycles. The second kappa shape index (κ2) is 35.8. The van der Waals surface area contributed by atoms with E-state index in [1.54, 1.807) is 37.3 Å². The highest BCUT2D eigenvalue weighted by Gasteiger charge is 2.67. The summed E-state index contributed by atoms with van der Waals surface area (Å²) in [4.78, 5) is 56.2. The number of unbranched alkanes of at least 4 members (excludes halogenated alkanes) is 16. The molecule has 0 aliphatic carbocycles. The Hall–Kier alpha value is -6.62. The molecule has 2 heterocycles. The van der Waals surface area contributed by atoms with E-state index in [2.05, 4.69) is 12.0 Å². The van der Waals surface area contributed by atoms with Crippen molar-refractivity contribution in [3.8, 4) is 5.69 Å². The number of nitrogens with zero attached hydrogens (tertiary/aromatic N) is 2. The van der Waals surface area contributed by atoms with Crippen molar-refractivity contribution in [1.29, 1.82) is 0 Å². The van der Waals surface area contributed by atoms with Gasteiger partial charge in [0.2, 0.25) is 0 Å². The molecule has 1 saturated heterocycles. The van der Waals surface area contributed by atoms with Crippen LogP contribution in [0.5, 0.6) is 0 Å². The summed E-state index contributed by atoms with van der Waals surface area (Å²) in [5, 5.41) is 4.36. The fraction of sp³-hybridized carbons (Fsp3) is 0.563. The molecule has 5 aromatic rings. The van der Waals surface area contributed by atoms with Crippen LogP contribution in [0.4, 0.5) is 39.5 Å². The molecule has 13 nitrogen and oxygen atoms in total. The van der Waals surface area contributed by atoms with Gasteiger partial charge < -0.3 is 33.2 Å². The number of aromatic nitrogens is 2. The number of benzene rings is 4. The van der Waals surface area contributed by atoms with Gasteiger partial charge >= 0.3 is 36.4 Å². The summed E-state index contributed by atoms with van der Waals surface area (Å²) in [6.07, 6.45) is -7.71. The Bertz CT molecular complexity index is 3100. The van der Waals surface area contributed by atoms with Crippen molar-refractivity contribution >= 4 is 17.9 Å². The third-order valence-corrected chi connectivity index (χ3v) is 17.4.